The fraction of sp³-hybridized carbons (Fsp3) is 0.231. The van der Waals surface area contributed by atoms with Gasteiger partial charge in [-0.3, -0.25) is 4.98 Å². The number of hydrogen-bond donors (Lipinski definition) is 1. The summed E-state index contributed by atoms with van der Waals surface area (Å²) in [5, 5.41) is 2.93. The molecule has 1 atom stereocenters. The first kappa shape index (κ1) is 14.2. The van der Waals surface area contributed by atoms with Crippen LogP contribution in [0.25, 0.3) is 0 Å². The third-order valence-electron chi connectivity index (χ3n) is 2.66. The molecule has 0 aliphatic carbocycles. The Labute approximate surface area is 112 Å². The van der Waals surface area contributed by atoms with Gasteiger partial charge >= 0.3 is 6.18 Å². The van der Waals surface area contributed by atoms with Crippen molar-refractivity contribution in [3.63, 3.8) is 0 Å². The molecule has 0 amide bonds. The Balaban J connectivity index is 2.10. The number of pyridine rings is 2. The van der Waals surface area contributed by atoms with Crippen molar-refractivity contribution in [3.05, 3.63) is 53.9 Å². The van der Waals surface area contributed by atoms with Crippen LogP contribution < -0.4 is 5.32 Å². The minimum absolute atomic E-state index is 0.309. The van der Waals surface area contributed by atoms with E-state index < -0.39 is 17.7 Å². The summed E-state index contributed by atoms with van der Waals surface area (Å²) in [6.45, 7) is 1.74. The molecule has 2 heterocycles. The van der Waals surface area contributed by atoms with E-state index in [-0.39, 0.29) is 6.04 Å². The summed E-state index contributed by atoms with van der Waals surface area (Å²) < 4.78 is 50.1. The maximum atomic E-state index is 13.0. The van der Waals surface area contributed by atoms with Crippen molar-refractivity contribution in [1.82, 2.24) is 9.97 Å². The minimum Gasteiger partial charge on any atom is -0.377 e. The third kappa shape index (κ3) is 3.43. The van der Waals surface area contributed by atoms with E-state index in [4.69, 9.17) is 0 Å². The second kappa shape index (κ2) is 5.44. The highest BCUT2D eigenvalue weighted by molar-refractivity contribution is 5.43. The van der Waals surface area contributed by atoms with Gasteiger partial charge in [0.25, 0.3) is 0 Å². The maximum Gasteiger partial charge on any atom is 0.433 e. The molecule has 0 aliphatic rings. The molecule has 0 aromatic carbocycles. The van der Waals surface area contributed by atoms with Gasteiger partial charge in [-0.25, -0.2) is 9.37 Å². The predicted octanol–water partition coefficient (Wildman–Crippen LogP) is 3.81. The molecule has 0 radical (unpaired) electrons. The molecule has 1 unspecified atom stereocenters. The lowest BCUT2D eigenvalue weighted by Gasteiger charge is -2.15. The van der Waals surface area contributed by atoms with Crippen molar-refractivity contribution in [2.45, 2.75) is 19.1 Å². The van der Waals surface area contributed by atoms with E-state index in [0.29, 0.717) is 11.3 Å². The Bertz CT molecular complexity index is 581. The molecule has 106 valence electrons. The molecule has 2 rings (SSSR count). The monoisotopic (exact) mass is 285 g/mol. The number of nitrogens with zero attached hydrogens (tertiary/aromatic N) is 2. The number of halogens is 4. The Morgan fingerprint density at radius 1 is 1.15 bits per heavy atom. The van der Waals surface area contributed by atoms with Gasteiger partial charge < -0.3 is 5.32 Å². The van der Waals surface area contributed by atoms with Crippen LogP contribution in [0.5, 0.6) is 0 Å². The highest BCUT2D eigenvalue weighted by Crippen LogP contribution is 2.28. The highest BCUT2D eigenvalue weighted by Gasteiger charge is 2.32. The topological polar surface area (TPSA) is 37.8 Å². The minimum atomic E-state index is -4.46. The van der Waals surface area contributed by atoms with Gasteiger partial charge in [0.05, 0.1) is 24.1 Å². The summed E-state index contributed by atoms with van der Waals surface area (Å²) >= 11 is 0. The number of alkyl halides is 3. The first-order chi connectivity index (χ1) is 9.36. The average Bonchev–Trinajstić information content (AvgIpc) is 2.38. The van der Waals surface area contributed by atoms with Gasteiger partial charge in [-0.1, -0.05) is 0 Å². The molecule has 20 heavy (non-hydrogen) atoms. The lowest BCUT2D eigenvalue weighted by Crippen LogP contribution is -2.10. The summed E-state index contributed by atoms with van der Waals surface area (Å²) in [5.41, 5.74) is 0.0442. The van der Waals surface area contributed by atoms with Crippen molar-refractivity contribution >= 4 is 5.69 Å². The summed E-state index contributed by atoms with van der Waals surface area (Å²) in [6.07, 6.45) is -0.809. The van der Waals surface area contributed by atoms with Crippen molar-refractivity contribution in [2.75, 3.05) is 5.32 Å². The average molecular weight is 285 g/mol. The maximum absolute atomic E-state index is 13.0. The quantitative estimate of drug-likeness (QED) is 0.871. The Morgan fingerprint density at radius 3 is 2.45 bits per heavy atom. The van der Waals surface area contributed by atoms with Crippen LogP contribution in [0.1, 0.15) is 24.2 Å². The van der Waals surface area contributed by atoms with Crippen molar-refractivity contribution in [1.29, 1.82) is 0 Å². The molecule has 0 bridgehead atoms. The number of nitrogens with one attached hydrogen (secondary N) is 1. The molecule has 0 saturated carbocycles. The Kier molecular flexibility index (Phi) is 3.87. The largest absolute Gasteiger partial charge is 0.433 e. The number of rotatable bonds is 3. The normalized spacial score (nSPS) is 13.1. The van der Waals surface area contributed by atoms with Crippen LogP contribution >= 0.6 is 0 Å². The van der Waals surface area contributed by atoms with E-state index in [2.05, 4.69) is 15.3 Å². The summed E-state index contributed by atoms with van der Waals surface area (Å²) in [6, 6.07) is 3.16. The molecule has 0 spiro atoms. The number of anilines is 1. The van der Waals surface area contributed by atoms with E-state index >= 15 is 0 Å². The van der Waals surface area contributed by atoms with E-state index in [0.717, 1.165) is 18.5 Å². The third-order valence-corrected chi connectivity index (χ3v) is 2.66. The fourth-order valence-corrected chi connectivity index (χ4v) is 1.65. The zero-order valence-corrected chi connectivity index (χ0v) is 10.4. The molecule has 0 fully saturated rings. The van der Waals surface area contributed by atoms with Crippen LogP contribution in [0.3, 0.4) is 0 Å². The van der Waals surface area contributed by atoms with Crippen LogP contribution in [0.15, 0.2) is 36.8 Å². The summed E-state index contributed by atoms with van der Waals surface area (Å²) in [4.78, 5) is 7.05. The second-order valence-corrected chi connectivity index (χ2v) is 4.23. The molecule has 2 aromatic rings. The smallest absolute Gasteiger partial charge is 0.377 e. The van der Waals surface area contributed by atoms with Gasteiger partial charge in [-0.15, -0.1) is 0 Å². The molecule has 0 aliphatic heterocycles. The molecule has 3 nitrogen and oxygen atoms in total. The van der Waals surface area contributed by atoms with Gasteiger partial charge in [-0.2, -0.15) is 13.2 Å². The molecule has 2 aromatic heterocycles. The van der Waals surface area contributed by atoms with Gasteiger partial charge in [0, 0.05) is 6.20 Å². The van der Waals surface area contributed by atoms with Crippen molar-refractivity contribution in [2.24, 2.45) is 0 Å². The van der Waals surface area contributed by atoms with Gasteiger partial charge in [-0.05, 0) is 30.7 Å². The summed E-state index contributed by atoms with van der Waals surface area (Å²) in [5.74, 6) is -0.471. The van der Waals surface area contributed by atoms with E-state index in [1.807, 2.05) is 0 Å². The standard InChI is InChI=1S/C13H11F4N3/c1-8(9-4-10(14)6-18-5-9)20-11-2-3-12(19-7-11)13(15,16)17/h2-8,20H,1H3. The van der Waals surface area contributed by atoms with E-state index in [1.54, 1.807) is 6.92 Å². The molecule has 0 saturated heterocycles. The van der Waals surface area contributed by atoms with Crippen molar-refractivity contribution < 1.29 is 17.6 Å². The van der Waals surface area contributed by atoms with Crippen LogP contribution in [0, 0.1) is 5.82 Å². The predicted molar refractivity (Wildman–Crippen MR) is 65.5 cm³/mol. The van der Waals surface area contributed by atoms with Gasteiger partial charge in [0.2, 0.25) is 0 Å². The fourth-order valence-electron chi connectivity index (χ4n) is 1.65. The zero-order chi connectivity index (χ0) is 14.8. The summed E-state index contributed by atoms with van der Waals surface area (Å²) in [7, 11) is 0. The number of aromatic nitrogens is 2. The molecule has 1 N–H and O–H groups in total. The van der Waals surface area contributed by atoms with Crippen molar-refractivity contribution in [3.8, 4) is 0 Å². The molecular weight excluding hydrogens is 274 g/mol. The first-order valence-electron chi connectivity index (χ1n) is 5.76. The van der Waals surface area contributed by atoms with Gasteiger partial charge in [0.1, 0.15) is 11.5 Å². The van der Waals surface area contributed by atoms with Crippen LogP contribution in [-0.4, -0.2) is 9.97 Å². The van der Waals surface area contributed by atoms with Crippen LogP contribution in [-0.2, 0) is 6.18 Å². The Hall–Kier alpha value is -2.18. The highest BCUT2D eigenvalue weighted by atomic mass is 19.4. The zero-order valence-electron chi connectivity index (χ0n) is 10.4. The van der Waals surface area contributed by atoms with Crippen LogP contribution in [0.2, 0.25) is 0 Å². The number of hydrogen-bond acceptors (Lipinski definition) is 3. The van der Waals surface area contributed by atoms with Gasteiger partial charge in [0.15, 0.2) is 0 Å². The van der Waals surface area contributed by atoms with E-state index in [9.17, 15) is 17.6 Å². The first-order valence-corrected chi connectivity index (χ1v) is 5.76. The second-order valence-electron chi connectivity index (χ2n) is 4.23. The molecule has 7 heteroatoms. The lowest BCUT2D eigenvalue weighted by atomic mass is 10.1. The SMILES string of the molecule is CC(Nc1ccc(C(F)(F)F)nc1)c1cncc(F)c1. The van der Waals surface area contributed by atoms with Crippen LogP contribution in [0.4, 0.5) is 23.2 Å². The lowest BCUT2D eigenvalue weighted by molar-refractivity contribution is -0.141. The van der Waals surface area contributed by atoms with E-state index in [1.165, 1.54) is 18.3 Å². The molecular formula is C13H11F4N3. The Morgan fingerprint density at radius 2 is 1.90 bits per heavy atom.